The Morgan fingerprint density at radius 2 is 2.00 bits per heavy atom. The van der Waals surface area contributed by atoms with Crippen molar-refractivity contribution in [3.8, 4) is 17.0 Å². The number of ether oxygens (including phenoxy) is 1. The third kappa shape index (κ3) is 3.19. The van der Waals surface area contributed by atoms with E-state index in [2.05, 4.69) is 11.9 Å². The summed E-state index contributed by atoms with van der Waals surface area (Å²) < 4.78 is 6.90. The van der Waals surface area contributed by atoms with Crippen molar-refractivity contribution in [3.05, 3.63) is 70.9 Å². The molecule has 0 fully saturated rings. The second-order valence-electron chi connectivity index (χ2n) is 6.81. The van der Waals surface area contributed by atoms with Gasteiger partial charge in [-0.15, -0.1) is 0 Å². The van der Waals surface area contributed by atoms with Crippen LogP contribution in [0.15, 0.2) is 48.5 Å². The highest BCUT2D eigenvalue weighted by Gasteiger charge is 2.28. The lowest BCUT2D eigenvalue weighted by molar-refractivity contribution is 0.0601. The van der Waals surface area contributed by atoms with Gasteiger partial charge in [0.05, 0.1) is 30.6 Å². The molecule has 1 N–H and O–H groups in total. The highest BCUT2D eigenvalue weighted by Crippen LogP contribution is 2.34. The first-order chi connectivity index (χ1) is 13.1. The number of aromatic nitrogens is 2. The van der Waals surface area contributed by atoms with Crippen molar-refractivity contribution in [2.75, 3.05) is 14.2 Å². The van der Waals surface area contributed by atoms with Gasteiger partial charge in [-0.25, -0.2) is 4.79 Å². The number of phenolic OH excluding ortho intramolecular Hbond substituents is 1. The summed E-state index contributed by atoms with van der Waals surface area (Å²) in [5.74, 6) is -0.140. The minimum absolute atomic E-state index is 0.225. The number of hydrogen-bond donors (Lipinski definition) is 1. The van der Waals surface area contributed by atoms with Crippen molar-refractivity contribution >= 4 is 5.97 Å². The summed E-state index contributed by atoms with van der Waals surface area (Å²) in [6.07, 6.45) is 0. The van der Waals surface area contributed by atoms with Crippen LogP contribution in [0.25, 0.3) is 11.3 Å². The molecule has 4 rings (SSSR count). The molecule has 0 spiro atoms. The predicted molar refractivity (Wildman–Crippen MR) is 101 cm³/mol. The largest absolute Gasteiger partial charge is 0.508 e. The van der Waals surface area contributed by atoms with Crippen LogP contribution in [0.4, 0.5) is 0 Å². The van der Waals surface area contributed by atoms with Gasteiger partial charge in [0.25, 0.3) is 0 Å². The number of phenols is 1. The van der Waals surface area contributed by atoms with Crippen LogP contribution in [0.2, 0.25) is 0 Å². The van der Waals surface area contributed by atoms with E-state index in [0.717, 1.165) is 41.2 Å². The fourth-order valence-electron chi connectivity index (χ4n) is 3.64. The first-order valence-corrected chi connectivity index (χ1v) is 8.79. The molecular formula is C21H21N3O3. The van der Waals surface area contributed by atoms with Crippen LogP contribution in [0, 0.1) is 0 Å². The fourth-order valence-corrected chi connectivity index (χ4v) is 3.64. The number of benzene rings is 2. The van der Waals surface area contributed by atoms with Gasteiger partial charge in [0, 0.05) is 24.2 Å². The van der Waals surface area contributed by atoms with E-state index < -0.39 is 0 Å². The highest BCUT2D eigenvalue weighted by atomic mass is 16.5. The van der Waals surface area contributed by atoms with Crippen molar-refractivity contribution < 1.29 is 14.6 Å². The van der Waals surface area contributed by atoms with E-state index in [0.29, 0.717) is 12.1 Å². The quantitative estimate of drug-likeness (QED) is 0.722. The van der Waals surface area contributed by atoms with Crippen LogP contribution in [0.5, 0.6) is 5.75 Å². The van der Waals surface area contributed by atoms with Crippen LogP contribution in [-0.4, -0.2) is 39.9 Å². The van der Waals surface area contributed by atoms with Gasteiger partial charge in [0.15, 0.2) is 0 Å². The predicted octanol–water partition coefficient (Wildman–Crippen LogP) is 3.04. The number of esters is 1. The topological polar surface area (TPSA) is 67.6 Å². The molecule has 0 bridgehead atoms. The Kier molecular flexibility index (Phi) is 4.41. The Balaban J connectivity index is 1.86. The molecule has 6 heteroatoms. The fraction of sp³-hybridized carbons (Fsp3) is 0.238. The van der Waals surface area contributed by atoms with E-state index in [1.807, 2.05) is 35.0 Å². The van der Waals surface area contributed by atoms with E-state index in [1.165, 1.54) is 7.11 Å². The van der Waals surface area contributed by atoms with Gasteiger partial charge in [-0.05, 0) is 30.8 Å². The van der Waals surface area contributed by atoms with Gasteiger partial charge in [-0.3, -0.25) is 9.58 Å². The Labute approximate surface area is 157 Å². The summed E-state index contributed by atoms with van der Waals surface area (Å²) in [4.78, 5) is 14.5. The summed E-state index contributed by atoms with van der Waals surface area (Å²) in [7, 11) is 3.44. The lowest BCUT2D eigenvalue weighted by Gasteiger charge is -2.15. The first-order valence-electron chi connectivity index (χ1n) is 8.79. The van der Waals surface area contributed by atoms with Crippen LogP contribution in [-0.2, 0) is 24.4 Å². The van der Waals surface area contributed by atoms with Crippen molar-refractivity contribution in [2.24, 2.45) is 0 Å². The molecule has 0 atom stereocenters. The van der Waals surface area contributed by atoms with Gasteiger partial charge in [-0.2, -0.15) is 5.10 Å². The van der Waals surface area contributed by atoms with Crippen LogP contribution < -0.4 is 0 Å². The molecule has 2 aromatic carbocycles. The lowest BCUT2D eigenvalue weighted by Crippen LogP contribution is -2.13. The number of carbonyl (C=O) groups is 1. The SMILES string of the molecule is COC(=O)c1ccccc1-c1c2c(nn1Cc1cccc(O)c1)CN(C)C2. The number of hydrogen-bond acceptors (Lipinski definition) is 5. The molecule has 1 aromatic heterocycles. The molecule has 3 aromatic rings. The maximum absolute atomic E-state index is 12.3. The Bertz CT molecular complexity index is 1010. The standard InChI is InChI=1S/C21H21N3O3/c1-23-12-18-19(13-23)22-24(11-14-6-5-7-15(25)10-14)20(18)16-8-3-4-9-17(16)21(26)27-2/h3-10,25H,11-13H2,1-2H3. The number of nitrogens with zero attached hydrogens (tertiary/aromatic N) is 3. The Morgan fingerprint density at radius 1 is 1.19 bits per heavy atom. The van der Waals surface area contributed by atoms with Gasteiger partial charge < -0.3 is 9.84 Å². The third-order valence-electron chi connectivity index (χ3n) is 4.81. The number of carbonyl (C=O) groups excluding carboxylic acids is 1. The van der Waals surface area contributed by atoms with Crippen LogP contribution in [0.1, 0.15) is 27.2 Å². The van der Waals surface area contributed by atoms with Gasteiger partial charge in [0.1, 0.15) is 5.75 Å². The normalized spacial score (nSPS) is 13.6. The summed E-state index contributed by atoms with van der Waals surface area (Å²) in [5, 5.41) is 14.6. The van der Waals surface area contributed by atoms with E-state index in [1.54, 1.807) is 18.2 Å². The summed E-state index contributed by atoms with van der Waals surface area (Å²) >= 11 is 0. The average Bonchev–Trinajstić information content (AvgIpc) is 3.16. The number of aromatic hydroxyl groups is 1. The zero-order chi connectivity index (χ0) is 19.0. The van der Waals surface area contributed by atoms with Gasteiger partial charge >= 0.3 is 5.97 Å². The highest BCUT2D eigenvalue weighted by molar-refractivity contribution is 5.97. The average molecular weight is 363 g/mol. The Morgan fingerprint density at radius 3 is 2.78 bits per heavy atom. The zero-order valence-electron chi connectivity index (χ0n) is 15.3. The monoisotopic (exact) mass is 363 g/mol. The van der Waals surface area contributed by atoms with Crippen molar-refractivity contribution in [1.29, 1.82) is 0 Å². The van der Waals surface area contributed by atoms with E-state index in [9.17, 15) is 9.90 Å². The molecule has 0 saturated carbocycles. The minimum atomic E-state index is -0.365. The van der Waals surface area contributed by atoms with Crippen molar-refractivity contribution in [3.63, 3.8) is 0 Å². The van der Waals surface area contributed by atoms with E-state index in [4.69, 9.17) is 9.84 Å². The molecule has 6 nitrogen and oxygen atoms in total. The van der Waals surface area contributed by atoms with Crippen LogP contribution in [0.3, 0.4) is 0 Å². The van der Waals surface area contributed by atoms with E-state index in [-0.39, 0.29) is 11.7 Å². The maximum Gasteiger partial charge on any atom is 0.338 e. The molecule has 138 valence electrons. The smallest absolute Gasteiger partial charge is 0.338 e. The summed E-state index contributed by atoms with van der Waals surface area (Å²) in [6, 6.07) is 14.6. The molecule has 0 unspecified atom stereocenters. The third-order valence-corrected chi connectivity index (χ3v) is 4.81. The molecule has 0 saturated heterocycles. The maximum atomic E-state index is 12.3. The summed E-state index contributed by atoms with van der Waals surface area (Å²) in [6.45, 7) is 2.06. The number of methoxy groups -OCH3 is 1. The first kappa shape index (κ1) is 17.3. The van der Waals surface area contributed by atoms with E-state index >= 15 is 0 Å². The van der Waals surface area contributed by atoms with Crippen LogP contribution >= 0.6 is 0 Å². The molecule has 0 aliphatic carbocycles. The van der Waals surface area contributed by atoms with Gasteiger partial charge in [-0.1, -0.05) is 30.3 Å². The van der Waals surface area contributed by atoms with Crippen molar-refractivity contribution in [1.82, 2.24) is 14.7 Å². The Hall–Kier alpha value is -3.12. The molecule has 27 heavy (non-hydrogen) atoms. The molecule has 1 aliphatic rings. The second-order valence-corrected chi connectivity index (χ2v) is 6.81. The molecule has 0 amide bonds. The molecule has 0 radical (unpaired) electrons. The van der Waals surface area contributed by atoms with Gasteiger partial charge in [0.2, 0.25) is 0 Å². The summed E-state index contributed by atoms with van der Waals surface area (Å²) in [5.41, 5.74) is 5.37. The van der Waals surface area contributed by atoms with Crippen molar-refractivity contribution in [2.45, 2.75) is 19.6 Å². The molecular weight excluding hydrogens is 342 g/mol. The second kappa shape index (κ2) is 6.89. The molecule has 1 aliphatic heterocycles. The lowest BCUT2D eigenvalue weighted by atomic mass is 10.0. The zero-order valence-corrected chi connectivity index (χ0v) is 15.3. The minimum Gasteiger partial charge on any atom is -0.508 e. The number of rotatable bonds is 4. The molecule has 2 heterocycles. The number of fused-ring (bicyclic) bond motifs is 1.